The van der Waals surface area contributed by atoms with Crippen molar-refractivity contribution in [1.82, 2.24) is 0 Å². The highest BCUT2D eigenvalue weighted by atomic mass is 32.2. The number of thioether (sulfide) groups is 1. The number of carbonyl (C=O) groups excluding carboxylic acids is 2. The molecule has 1 aliphatic heterocycles. The Morgan fingerprint density at radius 1 is 1.07 bits per heavy atom. The molecular weight excluding hydrogens is 429 g/mol. The summed E-state index contributed by atoms with van der Waals surface area (Å²) >= 11 is 1.17. The monoisotopic (exact) mass is 451 g/mol. The van der Waals surface area contributed by atoms with Crippen LogP contribution in [0.1, 0.15) is 13.3 Å². The van der Waals surface area contributed by atoms with Gasteiger partial charge >= 0.3 is 0 Å². The van der Waals surface area contributed by atoms with Crippen molar-refractivity contribution >= 4 is 50.7 Å². The zero-order valence-electron chi connectivity index (χ0n) is 16.3. The number of rotatable bonds is 7. The summed E-state index contributed by atoms with van der Waals surface area (Å²) in [5.41, 5.74) is 1.60. The Morgan fingerprint density at radius 3 is 2.27 bits per heavy atom. The van der Waals surface area contributed by atoms with Gasteiger partial charge < -0.3 is 10.6 Å². The van der Waals surface area contributed by atoms with Crippen LogP contribution in [-0.2, 0) is 19.6 Å². The average molecular weight is 452 g/mol. The van der Waals surface area contributed by atoms with E-state index in [9.17, 15) is 22.4 Å². The van der Waals surface area contributed by atoms with E-state index in [2.05, 4.69) is 10.6 Å². The van der Waals surface area contributed by atoms with Crippen molar-refractivity contribution in [3.8, 4) is 0 Å². The van der Waals surface area contributed by atoms with E-state index in [1.165, 1.54) is 40.3 Å². The van der Waals surface area contributed by atoms with Gasteiger partial charge in [0.15, 0.2) is 0 Å². The number of anilines is 3. The highest BCUT2D eigenvalue weighted by Crippen LogP contribution is 2.25. The van der Waals surface area contributed by atoms with E-state index in [0.717, 1.165) is 0 Å². The first-order valence-electron chi connectivity index (χ1n) is 9.33. The van der Waals surface area contributed by atoms with Crippen molar-refractivity contribution in [1.29, 1.82) is 0 Å². The summed E-state index contributed by atoms with van der Waals surface area (Å²) in [6.45, 7) is 2.15. The second-order valence-corrected chi connectivity index (χ2v) is 10.1. The summed E-state index contributed by atoms with van der Waals surface area (Å²) in [5.74, 6) is -0.728. The topological polar surface area (TPSA) is 95.6 Å². The Labute approximate surface area is 179 Å². The average Bonchev–Trinajstić information content (AvgIpc) is 3.07. The number of hydrogen-bond donors (Lipinski definition) is 2. The summed E-state index contributed by atoms with van der Waals surface area (Å²) in [7, 11) is -3.24. The molecule has 2 aromatic rings. The normalized spacial score (nSPS) is 16.1. The molecule has 30 heavy (non-hydrogen) atoms. The van der Waals surface area contributed by atoms with Crippen molar-refractivity contribution in [3.63, 3.8) is 0 Å². The van der Waals surface area contributed by atoms with Gasteiger partial charge in [-0.1, -0.05) is 0 Å². The van der Waals surface area contributed by atoms with Gasteiger partial charge in [-0.2, -0.15) is 0 Å². The van der Waals surface area contributed by atoms with Crippen LogP contribution in [0.3, 0.4) is 0 Å². The van der Waals surface area contributed by atoms with Gasteiger partial charge in [-0.3, -0.25) is 13.9 Å². The maximum Gasteiger partial charge on any atom is 0.237 e. The molecule has 0 saturated carbocycles. The van der Waals surface area contributed by atoms with E-state index < -0.39 is 15.3 Å². The first-order valence-corrected chi connectivity index (χ1v) is 12.0. The second-order valence-electron chi connectivity index (χ2n) is 6.79. The van der Waals surface area contributed by atoms with Crippen LogP contribution in [0.15, 0.2) is 48.5 Å². The van der Waals surface area contributed by atoms with Gasteiger partial charge in [0.05, 0.1) is 22.4 Å². The van der Waals surface area contributed by atoms with Gasteiger partial charge in [-0.05, 0) is 61.9 Å². The van der Waals surface area contributed by atoms with Crippen LogP contribution < -0.4 is 14.9 Å². The molecule has 3 rings (SSSR count). The molecule has 10 heteroatoms. The number of carbonyl (C=O) groups is 2. The van der Waals surface area contributed by atoms with Gasteiger partial charge in [-0.15, -0.1) is 11.8 Å². The predicted octanol–water partition coefficient (Wildman–Crippen LogP) is 3.06. The lowest BCUT2D eigenvalue weighted by atomic mass is 10.2. The minimum absolute atomic E-state index is 0.0672. The predicted molar refractivity (Wildman–Crippen MR) is 118 cm³/mol. The van der Waals surface area contributed by atoms with E-state index in [-0.39, 0.29) is 29.1 Å². The van der Waals surface area contributed by atoms with Gasteiger partial charge in [0.1, 0.15) is 5.82 Å². The number of nitrogens with zero attached hydrogens (tertiary/aromatic N) is 1. The summed E-state index contributed by atoms with van der Waals surface area (Å²) < 4.78 is 38.2. The number of halogens is 1. The minimum Gasteiger partial charge on any atom is -0.325 e. The molecule has 2 N–H and O–H groups in total. The maximum atomic E-state index is 12.9. The molecule has 0 bridgehead atoms. The zero-order chi connectivity index (χ0) is 21.7. The quantitative estimate of drug-likeness (QED) is 0.675. The van der Waals surface area contributed by atoms with Crippen molar-refractivity contribution in [2.45, 2.75) is 18.6 Å². The third kappa shape index (κ3) is 5.73. The third-order valence-electron chi connectivity index (χ3n) is 4.48. The fraction of sp³-hybridized carbons (Fsp3) is 0.300. The standard InChI is InChI=1S/C20H22FN3O4S2/c1-14(29-13-19(25)22-16-5-3-15(21)4-6-16)20(26)23-17-7-9-18(10-8-17)24-11-2-12-30(24,27)28/h3-10,14H,2,11-13H2,1H3,(H,22,25)(H,23,26). The smallest absolute Gasteiger partial charge is 0.237 e. The maximum absolute atomic E-state index is 12.9. The van der Waals surface area contributed by atoms with E-state index in [1.54, 1.807) is 31.2 Å². The zero-order valence-corrected chi connectivity index (χ0v) is 17.9. The van der Waals surface area contributed by atoms with Gasteiger partial charge in [0.25, 0.3) is 0 Å². The SMILES string of the molecule is CC(SCC(=O)Nc1ccc(F)cc1)C(=O)Nc1ccc(N2CCCS2(=O)=O)cc1. The Bertz CT molecular complexity index is 1010. The highest BCUT2D eigenvalue weighted by Gasteiger charge is 2.28. The van der Waals surface area contributed by atoms with Crippen LogP contribution in [-0.4, -0.2) is 43.5 Å². The van der Waals surface area contributed by atoms with Crippen LogP contribution >= 0.6 is 11.8 Å². The molecule has 1 heterocycles. The molecule has 0 aliphatic carbocycles. The van der Waals surface area contributed by atoms with Crippen molar-refractivity contribution in [3.05, 3.63) is 54.3 Å². The third-order valence-corrected chi connectivity index (χ3v) is 7.50. The molecule has 2 amide bonds. The van der Waals surface area contributed by atoms with E-state index in [4.69, 9.17) is 0 Å². The number of nitrogens with one attached hydrogen (secondary N) is 2. The second kappa shape index (κ2) is 9.48. The van der Waals surface area contributed by atoms with Crippen molar-refractivity contribution < 1.29 is 22.4 Å². The van der Waals surface area contributed by atoms with Gasteiger partial charge in [-0.25, -0.2) is 12.8 Å². The highest BCUT2D eigenvalue weighted by molar-refractivity contribution is 8.01. The van der Waals surface area contributed by atoms with Gasteiger partial charge in [0.2, 0.25) is 21.8 Å². The van der Waals surface area contributed by atoms with Crippen LogP contribution in [0.5, 0.6) is 0 Å². The van der Waals surface area contributed by atoms with Crippen LogP contribution in [0.2, 0.25) is 0 Å². The summed E-state index contributed by atoms with van der Waals surface area (Å²) in [6, 6.07) is 12.1. The molecule has 0 aromatic heterocycles. The van der Waals surface area contributed by atoms with Gasteiger partial charge in [0, 0.05) is 17.9 Å². The minimum atomic E-state index is -3.24. The van der Waals surface area contributed by atoms with Crippen molar-refractivity contribution in [2.24, 2.45) is 0 Å². The van der Waals surface area contributed by atoms with Crippen LogP contribution in [0, 0.1) is 5.82 Å². The largest absolute Gasteiger partial charge is 0.325 e. The van der Waals surface area contributed by atoms with Crippen LogP contribution in [0.4, 0.5) is 21.5 Å². The first kappa shape index (κ1) is 22.1. The fourth-order valence-corrected chi connectivity index (χ4v) is 5.14. The number of sulfonamides is 1. The Hall–Kier alpha value is -2.59. The van der Waals surface area contributed by atoms with E-state index in [1.807, 2.05) is 0 Å². The van der Waals surface area contributed by atoms with Crippen molar-refractivity contribution in [2.75, 3.05) is 33.0 Å². The molecule has 1 unspecified atom stereocenters. The summed E-state index contributed by atoms with van der Waals surface area (Å²) in [6.07, 6.45) is 0.601. The lowest BCUT2D eigenvalue weighted by Gasteiger charge is -2.17. The molecule has 1 aliphatic rings. The molecule has 1 atom stereocenters. The Morgan fingerprint density at radius 2 is 1.67 bits per heavy atom. The lowest BCUT2D eigenvalue weighted by molar-refractivity contribution is -0.115. The molecule has 1 fully saturated rings. The number of benzene rings is 2. The molecular formula is C20H22FN3O4S2. The molecule has 7 nitrogen and oxygen atoms in total. The first-order chi connectivity index (χ1) is 14.2. The van der Waals surface area contributed by atoms with E-state index in [0.29, 0.717) is 30.0 Å². The molecule has 0 spiro atoms. The Kier molecular flexibility index (Phi) is 6.99. The van der Waals surface area contributed by atoms with E-state index >= 15 is 0 Å². The molecule has 160 valence electrons. The number of hydrogen-bond acceptors (Lipinski definition) is 5. The fourth-order valence-electron chi connectivity index (χ4n) is 2.89. The molecule has 0 radical (unpaired) electrons. The lowest BCUT2D eigenvalue weighted by Crippen LogP contribution is -2.26. The Balaban J connectivity index is 1.48. The molecule has 1 saturated heterocycles. The van der Waals surface area contributed by atoms with Crippen LogP contribution in [0.25, 0.3) is 0 Å². The summed E-state index contributed by atoms with van der Waals surface area (Å²) in [4.78, 5) is 24.3. The molecule has 2 aromatic carbocycles. The number of amides is 2. The summed E-state index contributed by atoms with van der Waals surface area (Å²) in [5, 5.41) is 4.92.